The molecule has 2 aromatic rings. The Bertz CT molecular complexity index is 698. The maximum absolute atomic E-state index is 12.1. The highest BCUT2D eigenvalue weighted by atomic mass is 16.1. The van der Waals surface area contributed by atoms with Crippen molar-refractivity contribution in [1.29, 1.82) is 0 Å². The third-order valence-electron chi connectivity index (χ3n) is 4.43. The molecular weight excluding hydrogens is 314 g/mol. The van der Waals surface area contributed by atoms with Crippen LogP contribution in [0.4, 0.5) is 0 Å². The molecule has 0 radical (unpaired) electrons. The van der Waals surface area contributed by atoms with Crippen molar-refractivity contribution in [3.05, 3.63) is 53.4 Å². The van der Waals surface area contributed by atoms with E-state index in [0.29, 0.717) is 25.3 Å². The normalized spacial score (nSPS) is 17.2. The fourth-order valence-electron chi connectivity index (χ4n) is 3.07. The lowest BCUT2D eigenvalue weighted by Gasteiger charge is -2.22. The topological polar surface area (TPSA) is 79.8 Å². The summed E-state index contributed by atoms with van der Waals surface area (Å²) in [5.41, 5.74) is 2.98. The van der Waals surface area contributed by atoms with Crippen molar-refractivity contribution in [2.45, 2.75) is 45.1 Å². The van der Waals surface area contributed by atoms with Crippen molar-refractivity contribution >= 4 is 5.91 Å². The van der Waals surface area contributed by atoms with E-state index >= 15 is 0 Å². The van der Waals surface area contributed by atoms with Gasteiger partial charge >= 0.3 is 0 Å². The van der Waals surface area contributed by atoms with E-state index in [-0.39, 0.29) is 5.91 Å². The first-order chi connectivity index (χ1) is 12.2. The highest BCUT2D eigenvalue weighted by Crippen LogP contribution is 2.20. The zero-order valence-corrected chi connectivity index (χ0v) is 14.7. The molecule has 1 amide bonds. The largest absolute Gasteiger partial charge is 0.352 e. The summed E-state index contributed by atoms with van der Waals surface area (Å²) in [7, 11) is 0. The summed E-state index contributed by atoms with van der Waals surface area (Å²) in [6.07, 6.45) is 6.82. The fraction of sp³-hybridized carbons (Fsp3) is 0.474. The smallest absolute Gasteiger partial charge is 0.220 e. The molecule has 1 atom stereocenters. The van der Waals surface area contributed by atoms with Crippen molar-refractivity contribution in [2.24, 2.45) is 0 Å². The van der Waals surface area contributed by atoms with Gasteiger partial charge in [-0.15, -0.1) is 0 Å². The lowest BCUT2D eigenvalue weighted by atomic mass is 9.98. The van der Waals surface area contributed by atoms with Crippen molar-refractivity contribution in [1.82, 2.24) is 25.6 Å². The lowest BCUT2D eigenvalue weighted by molar-refractivity contribution is -0.121. The fourth-order valence-corrected chi connectivity index (χ4v) is 3.07. The van der Waals surface area contributed by atoms with Gasteiger partial charge in [0.25, 0.3) is 0 Å². The Kier molecular flexibility index (Phi) is 6.06. The van der Waals surface area contributed by atoms with Gasteiger partial charge in [0, 0.05) is 49.2 Å². The van der Waals surface area contributed by atoms with Gasteiger partial charge in [0.15, 0.2) is 0 Å². The van der Waals surface area contributed by atoms with Crippen LogP contribution in [-0.2, 0) is 17.8 Å². The number of aromatic nitrogens is 3. The minimum Gasteiger partial charge on any atom is -0.352 e. The van der Waals surface area contributed by atoms with Gasteiger partial charge in [-0.25, -0.2) is 9.97 Å². The number of piperidine rings is 1. The molecule has 1 aliphatic rings. The zero-order valence-electron chi connectivity index (χ0n) is 14.7. The molecule has 6 heteroatoms. The molecule has 0 aliphatic carbocycles. The van der Waals surface area contributed by atoms with E-state index in [1.807, 2.05) is 25.1 Å². The monoisotopic (exact) mass is 339 g/mol. The predicted octanol–water partition coefficient (Wildman–Crippen LogP) is 1.90. The maximum atomic E-state index is 12.1. The molecule has 0 aromatic carbocycles. The first kappa shape index (κ1) is 17.5. The van der Waals surface area contributed by atoms with Crippen LogP contribution in [0.1, 0.15) is 48.0 Å². The molecule has 2 aromatic heterocycles. The first-order valence-corrected chi connectivity index (χ1v) is 8.91. The summed E-state index contributed by atoms with van der Waals surface area (Å²) in [6.45, 7) is 4.54. The van der Waals surface area contributed by atoms with Crippen LogP contribution in [-0.4, -0.2) is 33.9 Å². The zero-order chi connectivity index (χ0) is 17.5. The van der Waals surface area contributed by atoms with Crippen LogP contribution in [0.15, 0.2) is 30.6 Å². The molecule has 3 rings (SSSR count). The van der Waals surface area contributed by atoms with Gasteiger partial charge < -0.3 is 10.6 Å². The standard InChI is InChI=1S/C19H25N5O/c1-14-11-17(24-19(23-14)16-3-2-8-21-13-16)4-5-18(25)22-12-15-6-9-20-10-7-15/h6-7,9-11,16,21H,2-5,8,12-13H2,1H3,(H,22,25)/t16-/m0/s1. The Hall–Kier alpha value is -2.34. The molecule has 0 unspecified atom stereocenters. The number of aryl methyl sites for hydroxylation is 2. The van der Waals surface area contributed by atoms with Crippen molar-refractivity contribution in [3.8, 4) is 0 Å². The van der Waals surface area contributed by atoms with Crippen molar-refractivity contribution in [2.75, 3.05) is 13.1 Å². The number of hydrogen-bond acceptors (Lipinski definition) is 5. The van der Waals surface area contributed by atoms with E-state index in [1.54, 1.807) is 12.4 Å². The van der Waals surface area contributed by atoms with Gasteiger partial charge in [-0.05, 0) is 56.5 Å². The van der Waals surface area contributed by atoms with Gasteiger partial charge in [0.2, 0.25) is 5.91 Å². The third kappa shape index (κ3) is 5.32. The maximum Gasteiger partial charge on any atom is 0.220 e. The van der Waals surface area contributed by atoms with Crippen LogP contribution in [0, 0.1) is 6.92 Å². The van der Waals surface area contributed by atoms with Crippen molar-refractivity contribution < 1.29 is 4.79 Å². The van der Waals surface area contributed by atoms with Crippen LogP contribution in [0.2, 0.25) is 0 Å². The Balaban J connectivity index is 1.53. The second kappa shape index (κ2) is 8.67. The average molecular weight is 339 g/mol. The van der Waals surface area contributed by atoms with E-state index in [0.717, 1.165) is 48.7 Å². The van der Waals surface area contributed by atoms with Gasteiger partial charge in [0.1, 0.15) is 5.82 Å². The third-order valence-corrected chi connectivity index (χ3v) is 4.43. The molecule has 1 saturated heterocycles. The van der Waals surface area contributed by atoms with Crippen LogP contribution in [0.25, 0.3) is 0 Å². The highest BCUT2D eigenvalue weighted by molar-refractivity contribution is 5.76. The minimum absolute atomic E-state index is 0.0361. The molecule has 132 valence electrons. The molecule has 0 spiro atoms. The second-order valence-corrected chi connectivity index (χ2v) is 6.53. The Morgan fingerprint density at radius 3 is 2.92 bits per heavy atom. The molecule has 1 aliphatic heterocycles. The molecular formula is C19H25N5O. The highest BCUT2D eigenvalue weighted by Gasteiger charge is 2.18. The van der Waals surface area contributed by atoms with E-state index in [9.17, 15) is 4.79 Å². The van der Waals surface area contributed by atoms with Gasteiger partial charge in [0.05, 0.1) is 0 Å². The number of hydrogen-bond donors (Lipinski definition) is 2. The molecule has 0 saturated carbocycles. The Morgan fingerprint density at radius 2 is 2.16 bits per heavy atom. The molecule has 25 heavy (non-hydrogen) atoms. The van der Waals surface area contributed by atoms with E-state index < -0.39 is 0 Å². The van der Waals surface area contributed by atoms with Crippen LogP contribution in [0.5, 0.6) is 0 Å². The predicted molar refractivity (Wildman–Crippen MR) is 96.0 cm³/mol. The van der Waals surface area contributed by atoms with Crippen LogP contribution in [0.3, 0.4) is 0 Å². The van der Waals surface area contributed by atoms with Crippen LogP contribution < -0.4 is 10.6 Å². The number of carbonyl (C=O) groups is 1. The number of carbonyl (C=O) groups excluding carboxylic acids is 1. The summed E-state index contributed by atoms with van der Waals surface area (Å²) in [5, 5.41) is 6.35. The van der Waals surface area contributed by atoms with E-state index in [1.165, 1.54) is 0 Å². The minimum atomic E-state index is 0.0361. The molecule has 3 heterocycles. The molecule has 1 fully saturated rings. The summed E-state index contributed by atoms with van der Waals surface area (Å²) in [5.74, 6) is 1.33. The summed E-state index contributed by atoms with van der Waals surface area (Å²) in [6, 6.07) is 5.78. The van der Waals surface area contributed by atoms with Crippen molar-refractivity contribution in [3.63, 3.8) is 0 Å². The lowest BCUT2D eigenvalue weighted by Crippen LogP contribution is -2.29. The number of pyridine rings is 1. The van der Waals surface area contributed by atoms with Gasteiger partial charge in [-0.1, -0.05) is 0 Å². The van der Waals surface area contributed by atoms with Crippen LogP contribution >= 0.6 is 0 Å². The Morgan fingerprint density at radius 1 is 1.32 bits per heavy atom. The average Bonchev–Trinajstić information content (AvgIpc) is 2.66. The summed E-state index contributed by atoms with van der Waals surface area (Å²) >= 11 is 0. The quantitative estimate of drug-likeness (QED) is 0.840. The molecule has 6 nitrogen and oxygen atoms in total. The summed E-state index contributed by atoms with van der Waals surface area (Å²) < 4.78 is 0. The molecule has 2 N–H and O–H groups in total. The van der Waals surface area contributed by atoms with E-state index in [2.05, 4.69) is 20.6 Å². The number of amides is 1. The second-order valence-electron chi connectivity index (χ2n) is 6.53. The first-order valence-electron chi connectivity index (χ1n) is 8.91. The number of nitrogens with zero attached hydrogens (tertiary/aromatic N) is 3. The summed E-state index contributed by atoms with van der Waals surface area (Å²) in [4.78, 5) is 25.4. The number of rotatable bonds is 6. The van der Waals surface area contributed by atoms with Gasteiger partial charge in [-0.2, -0.15) is 0 Å². The van der Waals surface area contributed by atoms with Gasteiger partial charge in [-0.3, -0.25) is 9.78 Å². The molecule has 0 bridgehead atoms. The van der Waals surface area contributed by atoms with E-state index in [4.69, 9.17) is 4.98 Å². The Labute approximate surface area is 148 Å². The SMILES string of the molecule is Cc1cc(CCC(=O)NCc2ccncc2)nc([C@H]2CCCNC2)n1. The number of nitrogens with one attached hydrogen (secondary N) is 2.